The van der Waals surface area contributed by atoms with Gasteiger partial charge in [-0.2, -0.15) is 0 Å². The second-order valence-corrected chi connectivity index (χ2v) is 9.13. The number of aromatic nitrogens is 4. The lowest BCUT2D eigenvalue weighted by Crippen LogP contribution is -2.49. The minimum atomic E-state index is -0.0450. The second kappa shape index (κ2) is 9.47. The van der Waals surface area contributed by atoms with Crippen LogP contribution in [0.3, 0.4) is 0 Å². The molecule has 0 spiro atoms. The number of amides is 1. The molecule has 1 aromatic carbocycles. The number of likely N-dealkylation sites (N-methyl/N-ethyl adjacent to an activating group) is 1. The number of fused-ring (bicyclic) bond motifs is 1. The summed E-state index contributed by atoms with van der Waals surface area (Å²) in [5.74, 6) is 1.13. The smallest absolute Gasteiger partial charge is 0.274 e. The number of anilines is 1. The van der Waals surface area contributed by atoms with Crippen molar-refractivity contribution in [2.24, 2.45) is 0 Å². The van der Waals surface area contributed by atoms with Crippen LogP contribution in [0.4, 0.5) is 5.69 Å². The molecule has 1 saturated heterocycles. The molecule has 2 aliphatic rings. The number of hydrogen-bond acceptors (Lipinski definition) is 6. The molecule has 1 aliphatic heterocycles. The van der Waals surface area contributed by atoms with Crippen molar-refractivity contribution in [1.29, 1.82) is 0 Å². The quantitative estimate of drug-likeness (QED) is 0.555. The molecule has 3 aromatic rings. The van der Waals surface area contributed by atoms with E-state index in [-0.39, 0.29) is 5.91 Å². The van der Waals surface area contributed by atoms with Crippen LogP contribution < -0.4 is 4.90 Å². The molecule has 1 saturated carbocycles. The van der Waals surface area contributed by atoms with Crippen LogP contribution in [0.5, 0.6) is 0 Å². The predicted molar refractivity (Wildman–Crippen MR) is 130 cm³/mol. The number of nitrogens with zero attached hydrogens (tertiary/aromatic N) is 7. The summed E-state index contributed by atoms with van der Waals surface area (Å²) in [5, 5.41) is 0. The van der Waals surface area contributed by atoms with Crippen molar-refractivity contribution < 1.29 is 4.79 Å². The molecule has 3 heterocycles. The number of carbonyl (C=O) groups excluding carboxylic acids is 1. The van der Waals surface area contributed by atoms with Crippen LogP contribution in [-0.4, -0.2) is 81.0 Å². The van der Waals surface area contributed by atoms with E-state index in [1.807, 2.05) is 4.90 Å². The summed E-state index contributed by atoms with van der Waals surface area (Å²) in [4.78, 5) is 32.5. The highest BCUT2D eigenvalue weighted by molar-refractivity contribution is 5.92. The third-order valence-corrected chi connectivity index (χ3v) is 7.23. The van der Waals surface area contributed by atoms with E-state index in [0.29, 0.717) is 18.8 Å². The Labute approximate surface area is 195 Å². The van der Waals surface area contributed by atoms with E-state index in [0.717, 1.165) is 44.2 Å². The average Bonchev–Trinajstić information content (AvgIpc) is 3.18. The first-order valence-corrected chi connectivity index (χ1v) is 12.1. The van der Waals surface area contributed by atoms with E-state index >= 15 is 0 Å². The van der Waals surface area contributed by atoms with Crippen molar-refractivity contribution >= 4 is 22.6 Å². The second-order valence-electron chi connectivity index (χ2n) is 9.13. The standard InChI is InChI=1S/C25H33N7O/c1-3-32-23-8-7-20(17-21(23)28-24(32)9-12-29(2)19-5-4-6-19)30-13-15-31(16-14-30)25(33)22-18-26-10-11-27-22/h7-8,10-11,17-19H,3-6,9,12-16H2,1-2H3. The molecule has 0 bridgehead atoms. The van der Waals surface area contributed by atoms with Gasteiger partial charge in [0.25, 0.3) is 5.91 Å². The zero-order valence-corrected chi connectivity index (χ0v) is 19.7. The van der Waals surface area contributed by atoms with Gasteiger partial charge in [-0.25, -0.2) is 9.97 Å². The molecule has 1 aliphatic carbocycles. The summed E-state index contributed by atoms with van der Waals surface area (Å²) in [6.07, 6.45) is 9.70. The van der Waals surface area contributed by atoms with E-state index in [1.165, 1.54) is 42.5 Å². The largest absolute Gasteiger partial charge is 0.368 e. The molecule has 8 heteroatoms. The van der Waals surface area contributed by atoms with Crippen LogP contribution in [0.2, 0.25) is 0 Å². The Bertz CT molecular complexity index is 1100. The first kappa shape index (κ1) is 21.8. The Morgan fingerprint density at radius 1 is 1.15 bits per heavy atom. The number of aryl methyl sites for hydroxylation is 1. The molecule has 174 valence electrons. The van der Waals surface area contributed by atoms with Crippen LogP contribution in [0.25, 0.3) is 11.0 Å². The molecular formula is C25H33N7O. The minimum Gasteiger partial charge on any atom is -0.368 e. The summed E-state index contributed by atoms with van der Waals surface area (Å²) >= 11 is 0. The van der Waals surface area contributed by atoms with Gasteiger partial charge in [-0.15, -0.1) is 0 Å². The molecule has 0 radical (unpaired) electrons. The molecule has 1 amide bonds. The van der Waals surface area contributed by atoms with Gasteiger partial charge in [-0.1, -0.05) is 6.42 Å². The molecule has 0 N–H and O–H groups in total. The van der Waals surface area contributed by atoms with Gasteiger partial charge in [-0.3, -0.25) is 9.78 Å². The minimum absolute atomic E-state index is 0.0450. The monoisotopic (exact) mass is 447 g/mol. The maximum Gasteiger partial charge on any atom is 0.274 e. The van der Waals surface area contributed by atoms with Crippen molar-refractivity contribution in [2.45, 2.75) is 45.2 Å². The van der Waals surface area contributed by atoms with E-state index in [2.05, 4.69) is 56.5 Å². The molecule has 33 heavy (non-hydrogen) atoms. The summed E-state index contributed by atoms with van der Waals surface area (Å²) < 4.78 is 2.35. The van der Waals surface area contributed by atoms with Crippen molar-refractivity contribution in [3.05, 3.63) is 48.3 Å². The Kier molecular flexibility index (Phi) is 6.26. The van der Waals surface area contributed by atoms with E-state index in [9.17, 15) is 4.79 Å². The number of imidazole rings is 1. The molecule has 8 nitrogen and oxygen atoms in total. The Balaban J connectivity index is 1.26. The van der Waals surface area contributed by atoms with Crippen LogP contribution in [-0.2, 0) is 13.0 Å². The van der Waals surface area contributed by atoms with E-state index < -0.39 is 0 Å². The van der Waals surface area contributed by atoms with Crippen LogP contribution in [0.15, 0.2) is 36.8 Å². The van der Waals surface area contributed by atoms with Gasteiger partial charge >= 0.3 is 0 Å². The van der Waals surface area contributed by atoms with Crippen molar-refractivity contribution in [2.75, 3.05) is 44.7 Å². The zero-order valence-electron chi connectivity index (χ0n) is 19.7. The molecule has 0 unspecified atom stereocenters. The van der Waals surface area contributed by atoms with Crippen LogP contribution in [0.1, 0.15) is 42.5 Å². The van der Waals surface area contributed by atoms with Crippen LogP contribution >= 0.6 is 0 Å². The zero-order chi connectivity index (χ0) is 22.8. The van der Waals surface area contributed by atoms with Crippen LogP contribution in [0, 0.1) is 0 Å². The number of benzene rings is 1. The third-order valence-electron chi connectivity index (χ3n) is 7.23. The molecule has 0 atom stereocenters. The molecule has 2 fully saturated rings. The third kappa shape index (κ3) is 4.44. The maximum atomic E-state index is 12.7. The lowest BCUT2D eigenvalue weighted by molar-refractivity contribution is 0.0740. The highest BCUT2D eigenvalue weighted by Crippen LogP contribution is 2.26. The maximum absolute atomic E-state index is 12.7. The first-order valence-electron chi connectivity index (χ1n) is 12.1. The summed E-state index contributed by atoms with van der Waals surface area (Å²) in [6, 6.07) is 7.37. The Morgan fingerprint density at radius 2 is 1.97 bits per heavy atom. The molecule has 2 aromatic heterocycles. The van der Waals surface area contributed by atoms with Crippen molar-refractivity contribution in [1.82, 2.24) is 29.3 Å². The van der Waals surface area contributed by atoms with Crippen molar-refractivity contribution in [3.8, 4) is 0 Å². The van der Waals surface area contributed by atoms with E-state index in [4.69, 9.17) is 4.98 Å². The SMILES string of the molecule is CCn1c(CCN(C)C2CCC2)nc2cc(N3CCN(C(=O)c4cnccn4)CC3)ccc21. The molecule has 5 rings (SSSR count). The lowest BCUT2D eigenvalue weighted by Gasteiger charge is -2.36. The number of piperazine rings is 1. The normalized spacial score (nSPS) is 17.1. The fourth-order valence-corrected chi connectivity index (χ4v) is 4.93. The van der Waals surface area contributed by atoms with Gasteiger partial charge in [0, 0.05) is 69.8 Å². The van der Waals surface area contributed by atoms with Gasteiger partial charge in [0.15, 0.2) is 0 Å². The van der Waals surface area contributed by atoms with Gasteiger partial charge in [0.2, 0.25) is 0 Å². The number of hydrogen-bond donors (Lipinski definition) is 0. The van der Waals surface area contributed by atoms with Crippen molar-refractivity contribution in [3.63, 3.8) is 0 Å². The Morgan fingerprint density at radius 3 is 2.64 bits per heavy atom. The summed E-state index contributed by atoms with van der Waals surface area (Å²) in [7, 11) is 2.25. The number of rotatable bonds is 7. The fourth-order valence-electron chi connectivity index (χ4n) is 4.93. The number of carbonyl (C=O) groups is 1. The van der Waals surface area contributed by atoms with Gasteiger partial charge in [0.1, 0.15) is 11.5 Å². The Hall–Kier alpha value is -3.00. The van der Waals surface area contributed by atoms with Gasteiger partial charge in [0.05, 0.1) is 17.2 Å². The topological polar surface area (TPSA) is 70.4 Å². The lowest BCUT2D eigenvalue weighted by atomic mass is 9.92. The summed E-state index contributed by atoms with van der Waals surface area (Å²) in [6.45, 7) is 7.13. The predicted octanol–water partition coefficient (Wildman–Crippen LogP) is 2.84. The average molecular weight is 448 g/mol. The van der Waals surface area contributed by atoms with E-state index in [1.54, 1.807) is 12.4 Å². The van der Waals surface area contributed by atoms with Gasteiger partial charge in [-0.05, 0) is 45.0 Å². The highest BCUT2D eigenvalue weighted by atomic mass is 16.2. The van der Waals surface area contributed by atoms with Gasteiger partial charge < -0.3 is 19.3 Å². The molecular weight excluding hydrogens is 414 g/mol. The fraction of sp³-hybridized carbons (Fsp3) is 0.520. The first-order chi connectivity index (χ1) is 16.1. The summed E-state index contributed by atoms with van der Waals surface area (Å²) in [5.41, 5.74) is 3.86. The highest BCUT2D eigenvalue weighted by Gasteiger charge is 2.24.